The summed E-state index contributed by atoms with van der Waals surface area (Å²) >= 11 is 1.44. The lowest BCUT2D eigenvalue weighted by Crippen LogP contribution is -2.52. The molecule has 0 aliphatic carbocycles. The van der Waals surface area contributed by atoms with Crippen LogP contribution in [0.2, 0.25) is 0 Å². The number of guanidine groups is 1. The van der Waals surface area contributed by atoms with Crippen LogP contribution in [0.3, 0.4) is 0 Å². The van der Waals surface area contributed by atoms with Crippen LogP contribution in [0.15, 0.2) is 29.3 Å². The number of hydrogen-bond acceptors (Lipinski definition) is 6. The molecule has 2 aromatic rings. The van der Waals surface area contributed by atoms with Crippen LogP contribution in [-0.2, 0) is 13.0 Å². The minimum absolute atomic E-state index is 0. The van der Waals surface area contributed by atoms with E-state index in [9.17, 15) is 8.78 Å². The van der Waals surface area contributed by atoms with Crippen molar-refractivity contribution in [2.75, 3.05) is 38.1 Å². The number of halogens is 3. The van der Waals surface area contributed by atoms with Crippen molar-refractivity contribution in [1.82, 2.24) is 19.6 Å². The quantitative estimate of drug-likeness (QED) is 0.346. The predicted octanol–water partition coefficient (Wildman–Crippen LogP) is 3.22. The molecule has 0 atom stereocenters. The normalized spacial score (nSPS) is 14.7. The molecule has 160 valence electrons. The van der Waals surface area contributed by atoms with E-state index >= 15 is 0 Å². The van der Waals surface area contributed by atoms with Crippen LogP contribution in [0.25, 0.3) is 0 Å². The third-order valence-corrected chi connectivity index (χ3v) is 5.22. The van der Waals surface area contributed by atoms with E-state index in [1.807, 2.05) is 6.07 Å². The monoisotopic (exact) mass is 538 g/mol. The summed E-state index contributed by atoms with van der Waals surface area (Å²) in [6, 6.07) is 6.67. The molecule has 1 fully saturated rings. The van der Waals surface area contributed by atoms with Crippen molar-refractivity contribution in [1.29, 1.82) is 0 Å². The Morgan fingerprint density at radius 2 is 2.07 bits per heavy atom. The Balaban J connectivity index is 0.00000300. The number of nitrogens with one attached hydrogen (secondary N) is 1. The molecule has 0 radical (unpaired) electrons. The summed E-state index contributed by atoms with van der Waals surface area (Å²) in [5, 5.41) is 4.26. The smallest absolute Gasteiger partial charge is 0.387 e. The summed E-state index contributed by atoms with van der Waals surface area (Å²) in [4.78, 5) is 13.3. The van der Waals surface area contributed by atoms with E-state index in [0.717, 1.165) is 55.1 Å². The number of aliphatic imine (C=N–C) groups is 1. The number of aryl methyl sites for hydroxylation is 1. The van der Waals surface area contributed by atoms with E-state index in [-0.39, 0.29) is 29.7 Å². The number of nitrogens with zero attached hydrogens (tertiary/aromatic N) is 5. The number of alkyl halides is 2. The first-order valence-corrected chi connectivity index (χ1v) is 9.93. The lowest BCUT2D eigenvalue weighted by atomic mass is 10.2. The Hall–Kier alpha value is -1.76. The highest BCUT2D eigenvalue weighted by atomic mass is 127. The first-order valence-electron chi connectivity index (χ1n) is 9.16. The standard InChI is InChI=1S/C18H24F2N6OS.HI/c1-3-15-23-18(28-24-15)26-9-7-25(8-10-26)17(21-2)22-12-13-5-4-6-14(11-13)27-16(19)20;/h4-6,11,16H,3,7-10,12H2,1-2H3,(H,21,22);1H. The van der Waals surface area contributed by atoms with E-state index in [0.29, 0.717) is 6.54 Å². The zero-order valence-electron chi connectivity index (χ0n) is 16.3. The van der Waals surface area contributed by atoms with Crippen molar-refractivity contribution in [3.63, 3.8) is 0 Å². The third kappa shape index (κ3) is 6.63. The molecule has 11 heteroatoms. The second-order valence-electron chi connectivity index (χ2n) is 6.25. The molecule has 7 nitrogen and oxygen atoms in total. The van der Waals surface area contributed by atoms with Gasteiger partial charge in [-0.1, -0.05) is 19.1 Å². The van der Waals surface area contributed by atoms with Crippen LogP contribution in [0.5, 0.6) is 5.75 Å². The fraction of sp³-hybridized carbons (Fsp3) is 0.500. The summed E-state index contributed by atoms with van der Waals surface area (Å²) < 4.78 is 33.5. The zero-order chi connectivity index (χ0) is 19.9. The Morgan fingerprint density at radius 3 is 2.69 bits per heavy atom. The van der Waals surface area contributed by atoms with Crippen molar-refractivity contribution in [3.8, 4) is 5.75 Å². The highest BCUT2D eigenvalue weighted by molar-refractivity contribution is 14.0. The van der Waals surface area contributed by atoms with E-state index in [1.165, 1.54) is 17.6 Å². The van der Waals surface area contributed by atoms with Crippen LogP contribution in [-0.4, -0.2) is 60.1 Å². The highest BCUT2D eigenvalue weighted by Gasteiger charge is 2.22. The maximum absolute atomic E-state index is 12.4. The molecule has 1 aliphatic rings. The lowest BCUT2D eigenvalue weighted by molar-refractivity contribution is -0.0498. The van der Waals surface area contributed by atoms with Gasteiger partial charge in [-0.3, -0.25) is 4.99 Å². The van der Waals surface area contributed by atoms with Crippen molar-refractivity contribution in [2.24, 2.45) is 4.99 Å². The van der Waals surface area contributed by atoms with Gasteiger partial charge in [0.05, 0.1) is 0 Å². The fourth-order valence-corrected chi connectivity index (χ4v) is 3.77. The van der Waals surface area contributed by atoms with E-state index in [2.05, 4.69) is 41.1 Å². The van der Waals surface area contributed by atoms with Gasteiger partial charge in [0.15, 0.2) is 5.96 Å². The maximum Gasteiger partial charge on any atom is 0.387 e. The van der Waals surface area contributed by atoms with Crippen molar-refractivity contribution in [3.05, 3.63) is 35.7 Å². The fourth-order valence-electron chi connectivity index (χ4n) is 2.97. The maximum atomic E-state index is 12.4. The summed E-state index contributed by atoms with van der Waals surface area (Å²) in [5.74, 6) is 1.82. The highest BCUT2D eigenvalue weighted by Crippen LogP contribution is 2.19. The van der Waals surface area contributed by atoms with Crippen LogP contribution in [0.1, 0.15) is 18.3 Å². The third-order valence-electron chi connectivity index (χ3n) is 4.41. The summed E-state index contributed by atoms with van der Waals surface area (Å²) in [6.45, 7) is 3.02. The van der Waals surface area contributed by atoms with Crippen LogP contribution in [0, 0.1) is 0 Å². The van der Waals surface area contributed by atoms with Gasteiger partial charge in [-0.2, -0.15) is 13.2 Å². The summed E-state index contributed by atoms with van der Waals surface area (Å²) in [7, 11) is 1.74. The molecule has 0 unspecified atom stereocenters. The predicted molar refractivity (Wildman–Crippen MR) is 122 cm³/mol. The molecular weight excluding hydrogens is 513 g/mol. The Bertz CT molecular complexity index is 798. The molecule has 1 saturated heterocycles. The number of rotatable bonds is 6. The second kappa shape index (κ2) is 11.4. The largest absolute Gasteiger partial charge is 0.435 e. The van der Waals surface area contributed by atoms with Crippen LogP contribution in [0.4, 0.5) is 13.9 Å². The molecule has 1 aromatic carbocycles. The molecule has 0 spiro atoms. The lowest BCUT2D eigenvalue weighted by Gasteiger charge is -2.36. The summed E-state index contributed by atoms with van der Waals surface area (Å²) in [6.07, 6.45) is 0.844. The number of hydrogen-bond donors (Lipinski definition) is 1. The SMILES string of the molecule is CCc1nsc(N2CCN(C(=NC)NCc3cccc(OC(F)F)c3)CC2)n1.I. The Morgan fingerprint density at radius 1 is 1.31 bits per heavy atom. The number of piperazine rings is 1. The first-order chi connectivity index (χ1) is 13.6. The van der Waals surface area contributed by atoms with Gasteiger partial charge in [-0.05, 0) is 17.7 Å². The molecular formula is C18H25F2IN6OS. The van der Waals surface area contributed by atoms with Gasteiger partial charge in [0.25, 0.3) is 0 Å². The van der Waals surface area contributed by atoms with Gasteiger partial charge >= 0.3 is 6.61 Å². The molecule has 3 rings (SSSR count). The molecule has 1 aliphatic heterocycles. The minimum Gasteiger partial charge on any atom is -0.435 e. The molecule has 1 N–H and O–H groups in total. The molecule has 0 saturated carbocycles. The zero-order valence-corrected chi connectivity index (χ0v) is 19.5. The topological polar surface area (TPSA) is 65.9 Å². The molecule has 0 amide bonds. The molecule has 1 aromatic heterocycles. The van der Waals surface area contributed by atoms with E-state index in [1.54, 1.807) is 19.2 Å². The number of anilines is 1. The minimum atomic E-state index is -2.83. The van der Waals surface area contributed by atoms with Crippen molar-refractivity contribution >= 4 is 46.6 Å². The van der Waals surface area contributed by atoms with Gasteiger partial charge in [-0.25, -0.2) is 4.98 Å². The van der Waals surface area contributed by atoms with Gasteiger partial charge < -0.3 is 19.9 Å². The Labute approximate surface area is 190 Å². The Kier molecular flexibility index (Phi) is 9.27. The molecule has 0 bridgehead atoms. The average Bonchev–Trinajstić information content (AvgIpc) is 3.18. The van der Waals surface area contributed by atoms with Gasteiger partial charge in [0, 0.05) is 57.7 Å². The number of ether oxygens (including phenoxy) is 1. The molecule has 29 heavy (non-hydrogen) atoms. The average molecular weight is 538 g/mol. The first kappa shape index (κ1) is 23.5. The number of benzene rings is 1. The van der Waals surface area contributed by atoms with Crippen LogP contribution < -0.4 is 15.0 Å². The van der Waals surface area contributed by atoms with Gasteiger partial charge in [0.1, 0.15) is 11.6 Å². The van der Waals surface area contributed by atoms with Crippen LogP contribution >= 0.6 is 35.5 Å². The van der Waals surface area contributed by atoms with Crippen molar-refractivity contribution < 1.29 is 13.5 Å². The summed E-state index contributed by atoms with van der Waals surface area (Å²) in [5.41, 5.74) is 0.846. The second-order valence-corrected chi connectivity index (χ2v) is 6.98. The van der Waals surface area contributed by atoms with Gasteiger partial charge in [0.2, 0.25) is 5.13 Å². The molecule has 2 heterocycles. The van der Waals surface area contributed by atoms with Crippen molar-refractivity contribution in [2.45, 2.75) is 26.5 Å². The van der Waals surface area contributed by atoms with E-state index < -0.39 is 6.61 Å². The number of aromatic nitrogens is 2. The van der Waals surface area contributed by atoms with Gasteiger partial charge in [-0.15, -0.1) is 24.0 Å². The van der Waals surface area contributed by atoms with E-state index in [4.69, 9.17) is 0 Å².